The van der Waals surface area contributed by atoms with Gasteiger partial charge in [-0.2, -0.15) is 4.39 Å². The van der Waals surface area contributed by atoms with Gasteiger partial charge in [0.2, 0.25) is 11.2 Å². The molecule has 0 N–H and O–H groups in total. The van der Waals surface area contributed by atoms with Crippen LogP contribution in [-0.2, 0) is 0 Å². The first-order valence-corrected chi connectivity index (χ1v) is 7.51. The van der Waals surface area contributed by atoms with Gasteiger partial charge in [0.15, 0.2) is 17.2 Å². The van der Waals surface area contributed by atoms with Crippen LogP contribution in [0.4, 0.5) is 14.5 Å². The third-order valence-corrected chi connectivity index (χ3v) is 4.07. The monoisotopic (exact) mass is 338 g/mol. The van der Waals surface area contributed by atoms with Crippen molar-refractivity contribution in [2.45, 2.75) is 13.8 Å². The maximum Gasteiger partial charge on any atom is 0.239 e. The standard InChI is InChI=1S/C16H13ClF2N2O2/c1-3-21(4-2)8-5-6-9-10(7-8)23-16-13(19)15(22)11(17)12(18)14(16)20-9/h5-7H,3-4H2,1-2H3. The van der Waals surface area contributed by atoms with Crippen LogP contribution in [0.5, 0.6) is 0 Å². The van der Waals surface area contributed by atoms with Gasteiger partial charge < -0.3 is 9.32 Å². The van der Waals surface area contributed by atoms with Crippen LogP contribution in [0.15, 0.2) is 27.4 Å². The Labute approximate surface area is 135 Å². The number of halogens is 3. The van der Waals surface area contributed by atoms with Gasteiger partial charge in [-0.15, -0.1) is 0 Å². The highest BCUT2D eigenvalue weighted by Gasteiger charge is 2.26. The first kappa shape index (κ1) is 15.7. The second-order valence-electron chi connectivity index (χ2n) is 4.99. The Balaban J connectivity index is 2.33. The van der Waals surface area contributed by atoms with Crippen molar-refractivity contribution >= 4 is 28.4 Å². The molecule has 0 spiro atoms. The molecular formula is C16H13ClF2N2O2. The zero-order chi connectivity index (χ0) is 16.7. The molecule has 1 heterocycles. The zero-order valence-corrected chi connectivity index (χ0v) is 13.2. The predicted molar refractivity (Wildman–Crippen MR) is 85.4 cm³/mol. The van der Waals surface area contributed by atoms with Crippen molar-refractivity contribution in [2.24, 2.45) is 0 Å². The van der Waals surface area contributed by atoms with E-state index in [1.165, 1.54) is 0 Å². The summed E-state index contributed by atoms with van der Waals surface area (Å²) < 4.78 is 33.5. The third-order valence-electron chi connectivity index (χ3n) is 3.73. The number of hydrogen-bond acceptors (Lipinski definition) is 4. The van der Waals surface area contributed by atoms with Crippen LogP contribution in [0.3, 0.4) is 0 Å². The van der Waals surface area contributed by atoms with Crippen molar-refractivity contribution in [3.05, 3.63) is 45.1 Å². The first-order valence-electron chi connectivity index (χ1n) is 7.13. The lowest BCUT2D eigenvalue weighted by atomic mass is 10.2. The highest BCUT2D eigenvalue weighted by molar-refractivity contribution is 6.31. The molecule has 0 saturated carbocycles. The summed E-state index contributed by atoms with van der Waals surface area (Å²) in [4.78, 5) is 17.7. The smallest absolute Gasteiger partial charge is 0.239 e. The fraction of sp³-hybridized carbons (Fsp3) is 0.250. The van der Waals surface area contributed by atoms with Gasteiger partial charge in [0.25, 0.3) is 0 Å². The number of aromatic nitrogens is 1. The molecule has 1 aromatic carbocycles. The number of nitrogens with zero attached hydrogens (tertiary/aromatic N) is 2. The molecule has 0 fully saturated rings. The SMILES string of the molecule is CCN(CC)c1ccc2nc3c(F)c(Cl)c(=O)c(F)c-3oc2c1. The van der Waals surface area contributed by atoms with E-state index in [4.69, 9.17) is 16.0 Å². The van der Waals surface area contributed by atoms with Crippen LogP contribution in [0.1, 0.15) is 13.8 Å². The van der Waals surface area contributed by atoms with E-state index in [-0.39, 0.29) is 5.58 Å². The Morgan fingerprint density at radius 2 is 1.91 bits per heavy atom. The van der Waals surface area contributed by atoms with Gasteiger partial charge in [-0.1, -0.05) is 11.6 Å². The molecule has 23 heavy (non-hydrogen) atoms. The van der Waals surface area contributed by atoms with Gasteiger partial charge in [0.1, 0.15) is 16.2 Å². The van der Waals surface area contributed by atoms with Gasteiger partial charge in [0.05, 0.1) is 0 Å². The molecule has 0 amide bonds. The van der Waals surface area contributed by atoms with Gasteiger partial charge in [0, 0.05) is 24.8 Å². The molecule has 0 aromatic heterocycles. The number of hydrogen-bond donors (Lipinski definition) is 0. The molecule has 0 unspecified atom stereocenters. The van der Waals surface area contributed by atoms with Crippen molar-refractivity contribution < 1.29 is 13.2 Å². The quantitative estimate of drug-likeness (QED) is 0.533. The van der Waals surface area contributed by atoms with Crippen molar-refractivity contribution in [3.63, 3.8) is 0 Å². The van der Waals surface area contributed by atoms with Gasteiger partial charge in [-0.05, 0) is 26.0 Å². The summed E-state index contributed by atoms with van der Waals surface area (Å²) in [6.07, 6.45) is 0. The maximum atomic E-state index is 14.1. The number of anilines is 1. The van der Waals surface area contributed by atoms with E-state index in [1.54, 1.807) is 12.1 Å². The Hall–Kier alpha value is -2.21. The lowest BCUT2D eigenvalue weighted by molar-refractivity contribution is 0.518. The highest BCUT2D eigenvalue weighted by atomic mass is 35.5. The molecule has 1 aliphatic heterocycles. The summed E-state index contributed by atoms with van der Waals surface area (Å²) in [6.45, 7) is 5.58. The first-order chi connectivity index (χ1) is 11.0. The van der Waals surface area contributed by atoms with E-state index >= 15 is 0 Å². The Bertz CT molecular complexity index is 922. The van der Waals surface area contributed by atoms with Crippen LogP contribution < -0.4 is 10.3 Å². The molecule has 2 aliphatic rings. The van der Waals surface area contributed by atoms with E-state index in [0.29, 0.717) is 5.52 Å². The molecule has 1 aliphatic carbocycles. The van der Waals surface area contributed by atoms with Crippen LogP contribution in [0, 0.1) is 11.6 Å². The summed E-state index contributed by atoms with van der Waals surface area (Å²) in [6, 6.07) is 5.16. The largest absolute Gasteiger partial charge is 0.449 e. The second kappa shape index (κ2) is 5.77. The summed E-state index contributed by atoms with van der Waals surface area (Å²) in [7, 11) is 0. The third kappa shape index (κ3) is 2.43. The van der Waals surface area contributed by atoms with E-state index in [2.05, 4.69) is 9.88 Å². The molecule has 0 bridgehead atoms. The Morgan fingerprint density at radius 1 is 1.22 bits per heavy atom. The summed E-state index contributed by atoms with van der Waals surface area (Å²) in [5.74, 6) is -2.85. The van der Waals surface area contributed by atoms with E-state index in [1.807, 2.05) is 19.9 Å². The van der Waals surface area contributed by atoms with Crippen LogP contribution in [0.2, 0.25) is 5.02 Å². The fourth-order valence-corrected chi connectivity index (χ4v) is 2.66. The zero-order valence-electron chi connectivity index (χ0n) is 12.5. The van der Waals surface area contributed by atoms with Crippen LogP contribution in [0.25, 0.3) is 22.6 Å². The lowest BCUT2D eigenvalue weighted by Gasteiger charge is -2.21. The summed E-state index contributed by atoms with van der Waals surface area (Å²) in [5.41, 5.74) is -0.149. The summed E-state index contributed by atoms with van der Waals surface area (Å²) in [5, 5.41) is -0.822. The minimum absolute atomic E-state index is 0.266. The average molecular weight is 339 g/mol. The van der Waals surface area contributed by atoms with Crippen molar-refractivity contribution in [2.75, 3.05) is 18.0 Å². The second-order valence-corrected chi connectivity index (χ2v) is 5.36. The topological polar surface area (TPSA) is 46.3 Å². The Morgan fingerprint density at radius 3 is 2.57 bits per heavy atom. The minimum Gasteiger partial charge on any atom is -0.449 e. The number of rotatable bonds is 3. The van der Waals surface area contributed by atoms with Crippen molar-refractivity contribution in [1.82, 2.24) is 4.98 Å². The molecule has 4 nitrogen and oxygen atoms in total. The van der Waals surface area contributed by atoms with Crippen molar-refractivity contribution in [3.8, 4) is 11.5 Å². The van der Waals surface area contributed by atoms with Gasteiger partial charge >= 0.3 is 0 Å². The highest BCUT2D eigenvalue weighted by Crippen LogP contribution is 2.32. The van der Waals surface area contributed by atoms with Gasteiger partial charge in [-0.25, -0.2) is 9.37 Å². The molecule has 120 valence electrons. The Kier molecular flexibility index (Phi) is 3.93. The van der Waals surface area contributed by atoms with Crippen LogP contribution >= 0.6 is 11.6 Å². The van der Waals surface area contributed by atoms with Crippen LogP contribution in [-0.4, -0.2) is 18.1 Å². The minimum atomic E-state index is -1.24. The number of benzene rings is 2. The van der Waals surface area contributed by atoms with Crippen molar-refractivity contribution in [1.29, 1.82) is 0 Å². The lowest BCUT2D eigenvalue weighted by Crippen LogP contribution is -2.21. The molecule has 7 heteroatoms. The molecular weight excluding hydrogens is 326 g/mol. The normalized spacial score (nSPS) is 11.3. The van der Waals surface area contributed by atoms with Gasteiger partial charge in [-0.3, -0.25) is 4.79 Å². The molecule has 0 saturated heterocycles. The van der Waals surface area contributed by atoms with E-state index in [0.717, 1.165) is 18.8 Å². The fourth-order valence-electron chi connectivity index (χ4n) is 2.49. The molecule has 0 atom stereocenters. The predicted octanol–water partition coefficient (Wildman–Crippen LogP) is 4.07. The molecule has 1 aromatic rings. The molecule has 3 rings (SSSR count). The van der Waals surface area contributed by atoms with E-state index in [9.17, 15) is 13.6 Å². The molecule has 0 radical (unpaired) electrons. The van der Waals surface area contributed by atoms with E-state index < -0.39 is 33.5 Å². The average Bonchev–Trinajstić information content (AvgIpc) is 2.57. The summed E-state index contributed by atoms with van der Waals surface area (Å²) >= 11 is 5.50. The number of fused-ring (bicyclic) bond motifs is 2. The maximum absolute atomic E-state index is 14.1.